The molecule has 118 valence electrons. The van der Waals surface area contributed by atoms with Gasteiger partial charge in [0, 0.05) is 18.2 Å². The van der Waals surface area contributed by atoms with Gasteiger partial charge < -0.3 is 11.1 Å². The van der Waals surface area contributed by atoms with Crippen molar-refractivity contribution in [2.75, 3.05) is 0 Å². The Hall–Kier alpha value is -1.66. The summed E-state index contributed by atoms with van der Waals surface area (Å²) in [5.41, 5.74) is 6.36. The molecule has 0 bridgehead atoms. The lowest BCUT2D eigenvalue weighted by molar-refractivity contribution is -0.385. The molecule has 0 saturated heterocycles. The van der Waals surface area contributed by atoms with Crippen LogP contribution < -0.4 is 11.1 Å². The van der Waals surface area contributed by atoms with Gasteiger partial charge in [-0.25, -0.2) is 0 Å². The number of carbonyl (C=O) groups excluding carboxylic acids is 1. The highest BCUT2D eigenvalue weighted by molar-refractivity contribution is 5.85. The summed E-state index contributed by atoms with van der Waals surface area (Å²) in [4.78, 5) is 22.4. The fourth-order valence-corrected chi connectivity index (χ4v) is 2.07. The molecule has 1 atom stereocenters. The molecule has 0 aliphatic heterocycles. The van der Waals surface area contributed by atoms with Crippen LogP contribution in [0, 0.1) is 17.0 Å². The third-order valence-electron chi connectivity index (χ3n) is 3.34. The molecule has 0 aliphatic carbocycles. The summed E-state index contributed by atoms with van der Waals surface area (Å²) in [7, 11) is 0. The quantitative estimate of drug-likeness (QED) is 0.622. The molecule has 1 rings (SSSR count). The third kappa shape index (κ3) is 4.99. The van der Waals surface area contributed by atoms with E-state index in [0.29, 0.717) is 12.0 Å². The van der Waals surface area contributed by atoms with E-state index in [1.54, 1.807) is 26.0 Å². The van der Waals surface area contributed by atoms with Crippen LogP contribution in [0.25, 0.3) is 0 Å². The smallest absolute Gasteiger partial charge is 0.272 e. The molecule has 0 aliphatic rings. The first-order valence-electron chi connectivity index (χ1n) is 6.59. The Balaban J connectivity index is 0.00000400. The van der Waals surface area contributed by atoms with Crippen molar-refractivity contribution >= 4 is 24.0 Å². The van der Waals surface area contributed by atoms with Gasteiger partial charge in [-0.2, -0.15) is 0 Å². The summed E-state index contributed by atoms with van der Waals surface area (Å²) in [5, 5.41) is 13.6. The van der Waals surface area contributed by atoms with Gasteiger partial charge in [0.05, 0.1) is 10.5 Å². The fourth-order valence-electron chi connectivity index (χ4n) is 2.07. The van der Waals surface area contributed by atoms with Gasteiger partial charge in [-0.05, 0) is 25.8 Å². The zero-order chi connectivity index (χ0) is 15.3. The van der Waals surface area contributed by atoms with Gasteiger partial charge in [0.2, 0.25) is 5.91 Å². The molecule has 1 amide bonds. The Morgan fingerprint density at radius 1 is 1.48 bits per heavy atom. The molecule has 21 heavy (non-hydrogen) atoms. The molecule has 0 aromatic heterocycles. The van der Waals surface area contributed by atoms with Crippen LogP contribution >= 0.6 is 12.4 Å². The summed E-state index contributed by atoms with van der Waals surface area (Å²) in [5.74, 6) is -0.245. The van der Waals surface area contributed by atoms with Crippen LogP contribution in [0.2, 0.25) is 0 Å². The predicted octanol–water partition coefficient (Wildman–Crippen LogP) is 2.46. The summed E-state index contributed by atoms with van der Waals surface area (Å²) < 4.78 is 0. The molecule has 1 unspecified atom stereocenters. The Bertz CT molecular complexity index is 518. The highest BCUT2D eigenvalue weighted by atomic mass is 35.5. The maximum atomic E-state index is 12.0. The standard InChI is InChI=1S/C14H21N3O3.ClH/c1-4-8-14(3,15)13(18)16-9-11-6-5-7-12(10(11)2)17(19)20;/h5-7H,4,8-9,15H2,1-3H3,(H,16,18);1H. The van der Waals surface area contributed by atoms with E-state index in [1.807, 2.05) is 6.92 Å². The second-order valence-electron chi connectivity index (χ2n) is 5.17. The number of nitrogens with one attached hydrogen (secondary N) is 1. The van der Waals surface area contributed by atoms with E-state index >= 15 is 0 Å². The van der Waals surface area contributed by atoms with Crippen LogP contribution in [0.15, 0.2) is 18.2 Å². The first-order valence-corrected chi connectivity index (χ1v) is 6.59. The highest BCUT2D eigenvalue weighted by Crippen LogP contribution is 2.21. The predicted molar refractivity (Wildman–Crippen MR) is 84.4 cm³/mol. The minimum Gasteiger partial charge on any atom is -0.350 e. The maximum Gasteiger partial charge on any atom is 0.272 e. The van der Waals surface area contributed by atoms with Crippen LogP contribution in [-0.2, 0) is 11.3 Å². The molecule has 1 aromatic rings. The molecule has 0 saturated carbocycles. The van der Waals surface area contributed by atoms with Crippen molar-refractivity contribution in [3.05, 3.63) is 39.4 Å². The van der Waals surface area contributed by atoms with E-state index in [9.17, 15) is 14.9 Å². The number of amides is 1. The maximum absolute atomic E-state index is 12.0. The number of hydrogen-bond donors (Lipinski definition) is 2. The number of carbonyl (C=O) groups is 1. The number of hydrogen-bond acceptors (Lipinski definition) is 4. The van der Waals surface area contributed by atoms with Crippen LogP contribution in [-0.4, -0.2) is 16.4 Å². The molecule has 0 radical (unpaired) electrons. The Kier molecular flexibility index (Phi) is 7.32. The topological polar surface area (TPSA) is 98.3 Å². The van der Waals surface area contributed by atoms with Gasteiger partial charge in [-0.1, -0.05) is 25.5 Å². The van der Waals surface area contributed by atoms with Gasteiger partial charge in [0.1, 0.15) is 0 Å². The lowest BCUT2D eigenvalue weighted by Crippen LogP contribution is -2.51. The minimum atomic E-state index is -0.913. The first-order chi connectivity index (χ1) is 9.29. The number of nitro groups is 1. The molecule has 0 heterocycles. The molecule has 0 spiro atoms. The fraction of sp³-hybridized carbons (Fsp3) is 0.500. The summed E-state index contributed by atoms with van der Waals surface area (Å²) in [6, 6.07) is 4.82. The Morgan fingerprint density at radius 2 is 2.10 bits per heavy atom. The number of rotatable bonds is 6. The van der Waals surface area contributed by atoms with Crippen LogP contribution in [0.1, 0.15) is 37.8 Å². The molecule has 7 heteroatoms. The lowest BCUT2D eigenvalue weighted by atomic mass is 9.96. The molecule has 3 N–H and O–H groups in total. The minimum absolute atomic E-state index is 0. The van der Waals surface area contributed by atoms with Crippen LogP contribution in [0.4, 0.5) is 5.69 Å². The van der Waals surface area contributed by atoms with Crippen molar-refractivity contribution in [3.8, 4) is 0 Å². The number of halogens is 1. The van der Waals surface area contributed by atoms with Gasteiger partial charge >= 0.3 is 0 Å². The number of benzene rings is 1. The average Bonchev–Trinajstić information content (AvgIpc) is 2.36. The average molecular weight is 316 g/mol. The van der Waals surface area contributed by atoms with E-state index in [4.69, 9.17) is 5.73 Å². The van der Waals surface area contributed by atoms with Gasteiger partial charge in [0.15, 0.2) is 0 Å². The normalized spacial score (nSPS) is 13.0. The van der Waals surface area contributed by atoms with Crippen molar-refractivity contribution < 1.29 is 9.72 Å². The van der Waals surface area contributed by atoms with Gasteiger partial charge in [-0.15, -0.1) is 12.4 Å². The lowest BCUT2D eigenvalue weighted by Gasteiger charge is -2.23. The second kappa shape index (κ2) is 7.95. The van der Waals surface area contributed by atoms with E-state index in [-0.39, 0.29) is 30.5 Å². The molecule has 0 fully saturated rings. The summed E-state index contributed by atoms with van der Waals surface area (Å²) in [6.45, 7) is 5.56. The number of nitrogens with two attached hydrogens (primary N) is 1. The van der Waals surface area contributed by atoms with E-state index in [2.05, 4.69) is 5.32 Å². The number of nitro benzene ring substituents is 1. The Labute approximate surface area is 130 Å². The van der Waals surface area contributed by atoms with E-state index < -0.39 is 10.5 Å². The molecule has 6 nitrogen and oxygen atoms in total. The summed E-state index contributed by atoms with van der Waals surface area (Å²) >= 11 is 0. The number of nitrogens with zero attached hydrogens (tertiary/aromatic N) is 1. The van der Waals surface area contributed by atoms with E-state index in [1.165, 1.54) is 6.07 Å². The second-order valence-corrected chi connectivity index (χ2v) is 5.17. The van der Waals surface area contributed by atoms with Crippen molar-refractivity contribution in [2.24, 2.45) is 5.73 Å². The van der Waals surface area contributed by atoms with Crippen LogP contribution in [0.3, 0.4) is 0 Å². The van der Waals surface area contributed by atoms with E-state index in [0.717, 1.165) is 12.0 Å². The highest BCUT2D eigenvalue weighted by Gasteiger charge is 2.27. The zero-order valence-electron chi connectivity index (χ0n) is 12.5. The Morgan fingerprint density at radius 3 is 2.62 bits per heavy atom. The molecular weight excluding hydrogens is 294 g/mol. The summed E-state index contributed by atoms with van der Waals surface area (Å²) in [6.07, 6.45) is 1.41. The van der Waals surface area contributed by atoms with Gasteiger partial charge in [-0.3, -0.25) is 14.9 Å². The van der Waals surface area contributed by atoms with Gasteiger partial charge in [0.25, 0.3) is 5.69 Å². The SMILES string of the molecule is CCCC(C)(N)C(=O)NCc1cccc([N+](=O)[O-])c1C.Cl. The van der Waals surface area contributed by atoms with Crippen LogP contribution in [0.5, 0.6) is 0 Å². The largest absolute Gasteiger partial charge is 0.350 e. The monoisotopic (exact) mass is 315 g/mol. The molecular formula is C14H22ClN3O3. The van der Waals surface area contributed by atoms with Crippen molar-refractivity contribution in [1.29, 1.82) is 0 Å². The van der Waals surface area contributed by atoms with Crippen molar-refractivity contribution in [3.63, 3.8) is 0 Å². The third-order valence-corrected chi connectivity index (χ3v) is 3.34. The molecule has 1 aromatic carbocycles. The zero-order valence-corrected chi connectivity index (χ0v) is 13.3. The van der Waals surface area contributed by atoms with Crippen molar-refractivity contribution in [2.45, 2.75) is 45.7 Å². The van der Waals surface area contributed by atoms with Crippen molar-refractivity contribution in [1.82, 2.24) is 5.32 Å². The first kappa shape index (κ1) is 19.3.